The van der Waals surface area contributed by atoms with Crippen LogP contribution in [-0.2, 0) is 9.31 Å². The molecule has 1 atom stereocenters. The van der Waals surface area contributed by atoms with Crippen LogP contribution in [0.1, 0.15) is 41.0 Å². The zero-order valence-corrected chi connectivity index (χ0v) is 8.18. The Kier molecular flexibility index (Phi) is 4.77. The first-order valence-corrected chi connectivity index (χ1v) is 4.25. The van der Waals surface area contributed by atoms with Crippen LogP contribution in [0.25, 0.3) is 0 Å². The van der Waals surface area contributed by atoms with Gasteiger partial charge < -0.3 is 9.31 Å². The normalized spacial score (nSPS) is 27.9. The van der Waals surface area contributed by atoms with Gasteiger partial charge in [0.05, 0.1) is 5.60 Å². The van der Waals surface area contributed by atoms with Crippen molar-refractivity contribution in [3.8, 4) is 0 Å². The maximum Gasteiger partial charge on any atom is 0.488 e. The Bertz CT molecular complexity index is 104. The van der Waals surface area contributed by atoms with Gasteiger partial charge in [0.15, 0.2) is 0 Å². The van der Waals surface area contributed by atoms with Gasteiger partial charge in [0.2, 0.25) is 0 Å². The maximum atomic E-state index is 5.19. The van der Waals surface area contributed by atoms with Gasteiger partial charge in [-0.2, -0.15) is 0 Å². The lowest BCUT2D eigenvalue weighted by atomic mass is 9.97. The van der Waals surface area contributed by atoms with Crippen LogP contribution in [0.15, 0.2) is 0 Å². The first-order valence-electron chi connectivity index (χ1n) is 4.25. The Hall–Kier alpha value is -0.0151. The van der Waals surface area contributed by atoms with E-state index in [1.807, 2.05) is 20.8 Å². The molecule has 0 N–H and O–H groups in total. The van der Waals surface area contributed by atoms with Crippen molar-refractivity contribution in [2.24, 2.45) is 0 Å². The van der Waals surface area contributed by atoms with Gasteiger partial charge >= 0.3 is 7.69 Å². The van der Waals surface area contributed by atoms with E-state index < -0.39 is 0 Å². The van der Waals surface area contributed by atoms with E-state index in [-0.39, 0.29) is 5.60 Å². The van der Waals surface area contributed by atoms with Crippen molar-refractivity contribution in [2.75, 3.05) is 0 Å². The summed E-state index contributed by atoms with van der Waals surface area (Å²) in [4.78, 5) is 0. The third-order valence-electron chi connectivity index (χ3n) is 1.43. The topological polar surface area (TPSA) is 18.5 Å². The molecule has 65 valence electrons. The zero-order valence-electron chi connectivity index (χ0n) is 8.18. The molecule has 1 heterocycles. The number of rotatable bonds is 0. The Morgan fingerprint density at radius 3 is 2.18 bits per heavy atom. The Balaban J connectivity index is 0.000000461. The quantitative estimate of drug-likeness (QED) is 0.501. The maximum absolute atomic E-state index is 5.19. The van der Waals surface area contributed by atoms with Crippen molar-refractivity contribution >= 4 is 7.69 Å². The first-order chi connectivity index (χ1) is 5.10. The summed E-state index contributed by atoms with van der Waals surface area (Å²) in [5.74, 6) is 0. The summed E-state index contributed by atoms with van der Waals surface area (Å²) in [6.07, 6.45) is 1.26. The highest BCUT2D eigenvalue weighted by Crippen LogP contribution is 2.21. The SMILES string of the molecule is CC.CC1CC(C)(C)O[B]O1. The fourth-order valence-corrected chi connectivity index (χ4v) is 1.04. The van der Waals surface area contributed by atoms with E-state index in [0.717, 1.165) is 6.42 Å². The predicted molar refractivity (Wildman–Crippen MR) is 47.4 cm³/mol. The highest BCUT2D eigenvalue weighted by molar-refractivity contribution is 6.18. The van der Waals surface area contributed by atoms with Gasteiger partial charge in [-0.05, 0) is 27.2 Å². The summed E-state index contributed by atoms with van der Waals surface area (Å²) in [6.45, 7) is 10.2. The molecule has 0 amide bonds. The largest absolute Gasteiger partial charge is 0.488 e. The van der Waals surface area contributed by atoms with Gasteiger partial charge in [0.25, 0.3) is 0 Å². The smallest absolute Gasteiger partial charge is 0.411 e. The first kappa shape index (κ1) is 11.0. The van der Waals surface area contributed by atoms with Crippen LogP contribution >= 0.6 is 0 Å². The molecule has 0 aliphatic carbocycles. The average Bonchev–Trinajstić information content (AvgIpc) is 1.89. The molecule has 0 bridgehead atoms. The standard InChI is InChI=1S/C6H12BO2.C2H6/c1-5-4-6(2,3)9-7-8-5;1-2/h5H,4H2,1-3H3;1-2H3. The van der Waals surface area contributed by atoms with Crippen LogP contribution in [0.2, 0.25) is 0 Å². The summed E-state index contributed by atoms with van der Waals surface area (Å²) >= 11 is 0. The average molecular weight is 157 g/mol. The molecular formula is C8H18BO2. The summed E-state index contributed by atoms with van der Waals surface area (Å²) < 4.78 is 10.3. The van der Waals surface area contributed by atoms with Crippen LogP contribution in [0, 0.1) is 0 Å². The van der Waals surface area contributed by atoms with Crippen molar-refractivity contribution in [3.05, 3.63) is 0 Å². The minimum Gasteiger partial charge on any atom is -0.411 e. The van der Waals surface area contributed by atoms with E-state index in [1.165, 1.54) is 7.69 Å². The van der Waals surface area contributed by atoms with Gasteiger partial charge in [0, 0.05) is 6.10 Å². The third-order valence-corrected chi connectivity index (χ3v) is 1.43. The van der Waals surface area contributed by atoms with Crippen LogP contribution in [0.4, 0.5) is 0 Å². The third kappa shape index (κ3) is 4.43. The molecule has 0 aromatic carbocycles. The van der Waals surface area contributed by atoms with Crippen molar-refractivity contribution in [1.82, 2.24) is 0 Å². The molecular weight excluding hydrogens is 139 g/mol. The molecule has 0 aromatic heterocycles. The van der Waals surface area contributed by atoms with Crippen LogP contribution in [0.5, 0.6) is 0 Å². The van der Waals surface area contributed by atoms with Crippen molar-refractivity contribution in [3.63, 3.8) is 0 Å². The lowest BCUT2D eigenvalue weighted by Crippen LogP contribution is -2.38. The van der Waals surface area contributed by atoms with Crippen molar-refractivity contribution in [2.45, 2.75) is 52.7 Å². The predicted octanol–water partition coefficient (Wildman–Crippen LogP) is 2.15. The molecule has 1 aliphatic rings. The monoisotopic (exact) mass is 157 g/mol. The molecule has 1 radical (unpaired) electrons. The van der Waals surface area contributed by atoms with Crippen molar-refractivity contribution in [1.29, 1.82) is 0 Å². The van der Waals surface area contributed by atoms with Gasteiger partial charge in [-0.3, -0.25) is 0 Å². The van der Waals surface area contributed by atoms with E-state index >= 15 is 0 Å². The Morgan fingerprint density at radius 2 is 1.91 bits per heavy atom. The summed E-state index contributed by atoms with van der Waals surface area (Å²) in [5.41, 5.74) is -0.0301. The van der Waals surface area contributed by atoms with Crippen LogP contribution in [-0.4, -0.2) is 19.4 Å². The molecule has 1 fully saturated rings. The van der Waals surface area contributed by atoms with E-state index in [1.54, 1.807) is 0 Å². The molecule has 11 heavy (non-hydrogen) atoms. The van der Waals surface area contributed by atoms with E-state index in [2.05, 4.69) is 13.8 Å². The fraction of sp³-hybridized carbons (Fsp3) is 1.00. The Morgan fingerprint density at radius 1 is 1.36 bits per heavy atom. The van der Waals surface area contributed by atoms with Crippen LogP contribution in [0.3, 0.4) is 0 Å². The molecule has 0 spiro atoms. The van der Waals surface area contributed by atoms with E-state index in [4.69, 9.17) is 9.31 Å². The summed E-state index contributed by atoms with van der Waals surface area (Å²) in [6, 6.07) is 0. The second-order valence-corrected chi connectivity index (χ2v) is 3.12. The van der Waals surface area contributed by atoms with Gasteiger partial charge in [-0.25, -0.2) is 0 Å². The second kappa shape index (κ2) is 4.78. The lowest BCUT2D eigenvalue weighted by Gasteiger charge is -2.33. The molecule has 1 saturated heterocycles. The van der Waals surface area contributed by atoms with Crippen LogP contribution < -0.4 is 0 Å². The second-order valence-electron chi connectivity index (χ2n) is 3.12. The Labute approximate surface area is 70.6 Å². The fourth-order valence-electron chi connectivity index (χ4n) is 1.04. The minimum absolute atomic E-state index is 0.0301. The highest BCUT2D eigenvalue weighted by atomic mass is 16.6. The molecule has 1 aliphatic heterocycles. The van der Waals surface area contributed by atoms with E-state index in [9.17, 15) is 0 Å². The van der Waals surface area contributed by atoms with Gasteiger partial charge in [-0.1, -0.05) is 13.8 Å². The lowest BCUT2D eigenvalue weighted by molar-refractivity contribution is -0.0142. The highest BCUT2D eigenvalue weighted by Gasteiger charge is 2.27. The number of hydrogen-bond donors (Lipinski definition) is 0. The molecule has 2 nitrogen and oxygen atoms in total. The van der Waals surface area contributed by atoms with Crippen molar-refractivity contribution < 1.29 is 9.31 Å². The van der Waals surface area contributed by atoms with Gasteiger partial charge in [-0.15, -0.1) is 0 Å². The summed E-state index contributed by atoms with van der Waals surface area (Å²) in [5, 5.41) is 0. The summed E-state index contributed by atoms with van der Waals surface area (Å²) in [7, 11) is 1.44. The zero-order chi connectivity index (χ0) is 8.91. The molecule has 3 heteroatoms. The molecule has 1 unspecified atom stereocenters. The molecule has 0 aromatic rings. The van der Waals surface area contributed by atoms with Gasteiger partial charge in [0.1, 0.15) is 0 Å². The number of hydrogen-bond acceptors (Lipinski definition) is 2. The van der Waals surface area contributed by atoms with E-state index in [0.29, 0.717) is 6.10 Å². The molecule has 1 rings (SSSR count). The molecule has 0 saturated carbocycles. The minimum atomic E-state index is -0.0301.